The highest BCUT2D eigenvalue weighted by atomic mass is 16.6. The van der Waals surface area contributed by atoms with E-state index in [2.05, 4.69) is 64.2 Å². The van der Waals surface area contributed by atoms with Gasteiger partial charge in [-0.05, 0) is 137 Å². The predicted molar refractivity (Wildman–Crippen MR) is 188 cm³/mol. The fourth-order valence-electron chi connectivity index (χ4n) is 7.98. The summed E-state index contributed by atoms with van der Waals surface area (Å²) in [7, 11) is 0. The Morgan fingerprint density at radius 2 is 1.24 bits per heavy atom. The average molecular weight is 640 g/mol. The van der Waals surface area contributed by atoms with Crippen LogP contribution in [-0.2, 0) is 11.2 Å². The van der Waals surface area contributed by atoms with Crippen LogP contribution in [0.2, 0.25) is 0 Å². The number of urea groups is 1. The van der Waals surface area contributed by atoms with E-state index in [1.54, 1.807) is 0 Å². The maximum Gasteiger partial charge on any atom is 0.410 e. The molecule has 4 atom stereocenters. The number of hydrogen-bond acceptors (Lipinski definition) is 5. The Kier molecular flexibility index (Phi) is 14.5. The lowest BCUT2D eigenvalue weighted by Gasteiger charge is -2.45. The molecule has 4 unspecified atom stereocenters. The largest absolute Gasteiger partial charge is 0.444 e. The van der Waals surface area contributed by atoms with E-state index in [4.69, 9.17) is 4.74 Å². The zero-order valence-corrected chi connectivity index (χ0v) is 29.9. The molecular weight excluding hydrogens is 574 g/mol. The van der Waals surface area contributed by atoms with Crippen LogP contribution in [0.25, 0.3) is 0 Å². The quantitative estimate of drug-likeness (QED) is 0.317. The maximum absolute atomic E-state index is 12.7. The Hall–Kier alpha value is -2.32. The summed E-state index contributed by atoms with van der Waals surface area (Å²) in [5, 5.41) is 3.16. The molecule has 8 heteroatoms. The number of carbonyl (C=O) groups is 2. The molecule has 46 heavy (non-hydrogen) atoms. The van der Waals surface area contributed by atoms with E-state index in [0.29, 0.717) is 18.1 Å². The lowest BCUT2D eigenvalue weighted by molar-refractivity contribution is -0.00947. The standard InChI is InChI=1S/C22H35N3O.C16H30N2O2/c1-19-21(24-16-8-3-9-17-24)14-10-18-25(19)22(26)23-15-7-6-13-20-11-4-2-5-12-20;1-13-14(17-10-6-5-7-11-17)9-8-12-18(13)15(19)20-16(2,3)4/h2,4-5,11-12,19,21H,3,6-10,13-18H2,1H3,(H,23,26);13-14H,5-12H2,1-4H3. The van der Waals surface area contributed by atoms with E-state index in [1.165, 1.54) is 83.1 Å². The maximum atomic E-state index is 12.7. The minimum atomic E-state index is -0.408. The number of hydrogen-bond donors (Lipinski definition) is 1. The Morgan fingerprint density at radius 3 is 1.78 bits per heavy atom. The van der Waals surface area contributed by atoms with Gasteiger partial charge in [-0.25, -0.2) is 9.59 Å². The predicted octanol–water partition coefficient (Wildman–Crippen LogP) is 7.32. The van der Waals surface area contributed by atoms with Crippen molar-refractivity contribution in [3.63, 3.8) is 0 Å². The van der Waals surface area contributed by atoms with Gasteiger partial charge in [0, 0.05) is 43.8 Å². The highest BCUT2D eigenvalue weighted by molar-refractivity contribution is 5.74. The molecule has 4 aliphatic heterocycles. The molecule has 8 nitrogen and oxygen atoms in total. The van der Waals surface area contributed by atoms with Crippen molar-refractivity contribution >= 4 is 12.1 Å². The number of unbranched alkanes of at least 4 members (excludes halogenated alkanes) is 1. The molecule has 0 saturated carbocycles. The first-order valence-corrected chi connectivity index (χ1v) is 18.7. The van der Waals surface area contributed by atoms with Crippen LogP contribution >= 0.6 is 0 Å². The second kappa shape index (κ2) is 18.3. The van der Waals surface area contributed by atoms with Crippen LogP contribution in [0.5, 0.6) is 0 Å². The molecule has 4 fully saturated rings. The minimum absolute atomic E-state index is 0.138. The van der Waals surface area contributed by atoms with Crippen LogP contribution < -0.4 is 5.32 Å². The Morgan fingerprint density at radius 1 is 0.717 bits per heavy atom. The topological polar surface area (TPSA) is 68.4 Å². The van der Waals surface area contributed by atoms with Gasteiger partial charge in [-0.15, -0.1) is 0 Å². The second-order valence-corrected chi connectivity index (χ2v) is 15.1. The number of piperidine rings is 4. The van der Waals surface area contributed by atoms with Crippen LogP contribution in [0.15, 0.2) is 30.3 Å². The summed E-state index contributed by atoms with van der Waals surface area (Å²) >= 11 is 0. The van der Waals surface area contributed by atoms with Gasteiger partial charge in [0.15, 0.2) is 0 Å². The molecule has 4 heterocycles. The van der Waals surface area contributed by atoms with Crippen molar-refractivity contribution in [1.29, 1.82) is 0 Å². The zero-order valence-electron chi connectivity index (χ0n) is 29.9. The average Bonchev–Trinajstić information content (AvgIpc) is 3.05. The van der Waals surface area contributed by atoms with Gasteiger partial charge in [-0.1, -0.05) is 43.2 Å². The van der Waals surface area contributed by atoms with E-state index in [-0.39, 0.29) is 18.2 Å². The fraction of sp³-hybridized carbons (Fsp3) is 0.789. The smallest absolute Gasteiger partial charge is 0.410 e. The van der Waals surface area contributed by atoms with Crippen LogP contribution in [0.4, 0.5) is 9.59 Å². The third-order valence-electron chi connectivity index (χ3n) is 10.5. The van der Waals surface area contributed by atoms with Gasteiger partial charge < -0.3 is 19.9 Å². The number of ether oxygens (including phenoxy) is 1. The molecule has 0 radical (unpaired) electrons. The first-order valence-electron chi connectivity index (χ1n) is 18.7. The van der Waals surface area contributed by atoms with Gasteiger partial charge in [-0.2, -0.15) is 0 Å². The molecule has 1 aromatic rings. The summed E-state index contributed by atoms with van der Waals surface area (Å²) in [6.45, 7) is 17.5. The van der Waals surface area contributed by atoms with Crippen molar-refractivity contribution < 1.29 is 14.3 Å². The number of nitrogens with zero attached hydrogens (tertiary/aromatic N) is 4. The summed E-state index contributed by atoms with van der Waals surface area (Å²) < 4.78 is 5.55. The van der Waals surface area contributed by atoms with E-state index in [1.807, 2.05) is 25.7 Å². The van der Waals surface area contributed by atoms with Gasteiger partial charge in [-0.3, -0.25) is 9.80 Å². The molecule has 0 aromatic heterocycles. The van der Waals surface area contributed by atoms with Gasteiger partial charge in [0.2, 0.25) is 0 Å². The van der Waals surface area contributed by atoms with Crippen LogP contribution in [0.1, 0.15) is 117 Å². The number of likely N-dealkylation sites (tertiary alicyclic amines) is 4. The zero-order chi connectivity index (χ0) is 32.9. The summed E-state index contributed by atoms with van der Waals surface area (Å²) in [5.74, 6) is 0. The van der Waals surface area contributed by atoms with E-state index >= 15 is 0 Å². The second-order valence-electron chi connectivity index (χ2n) is 15.1. The Bertz CT molecular complexity index is 1030. The number of amides is 3. The lowest BCUT2D eigenvalue weighted by atomic mass is 9.94. The summed E-state index contributed by atoms with van der Waals surface area (Å²) in [6.07, 6.45) is 15.7. The van der Waals surface area contributed by atoms with Gasteiger partial charge in [0.1, 0.15) is 5.60 Å². The molecule has 1 aromatic carbocycles. The minimum Gasteiger partial charge on any atom is -0.444 e. The van der Waals surface area contributed by atoms with Crippen molar-refractivity contribution in [2.24, 2.45) is 0 Å². The van der Waals surface area contributed by atoms with E-state index < -0.39 is 5.60 Å². The first-order chi connectivity index (χ1) is 22.1. The normalized spacial score (nSPS) is 26.5. The molecule has 260 valence electrons. The molecular formula is C38H65N5O3. The van der Waals surface area contributed by atoms with E-state index in [9.17, 15) is 9.59 Å². The van der Waals surface area contributed by atoms with Crippen LogP contribution in [-0.4, -0.2) is 107 Å². The highest BCUT2D eigenvalue weighted by Gasteiger charge is 2.37. The number of rotatable bonds is 7. The number of nitrogens with one attached hydrogen (secondary N) is 1. The Labute approximate surface area is 280 Å². The summed E-state index contributed by atoms with van der Waals surface area (Å²) in [4.78, 5) is 34.2. The number of benzene rings is 1. The summed E-state index contributed by atoms with van der Waals surface area (Å²) in [6, 6.07) is 12.4. The fourth-order valence-corrected chi connectivity index (χ4v) is 7.98. The van der Waals surface area contributed by atoms with Crippen molar-refractivity contribution in [3.8, 4) is 0 Å². The monoisotopic (exact) mass is 640 g/mol. The van der Waals surface area contributed by atoms with Gasteiger partial charge >= 0.3 is 12.1 Å². The molecule has 4 aliphatic rings. The molecule has 3 amide bonds. The Balaban J connectivity index is 0.000000216. The third kappa shape index (κ3) is 11.1. The molecule has 0 bridgehead atoms. The van der Waals surface area contributed by atoms with Crippen molar-refractivity contribution in [2.45, 2.75) is 148 Å². The SMILES string of the molecule is CC1C(N2CCCCC2)CCCN1C(=O)NCCCCc1ccccc1.CC1C(N2CCCCC2)CCCN1C(=O)OC(C)(C)C. The van der Waals surface area contributed by atoms with Crippen LogP contribution in [0, 0.1) is 0 Å². The number of aryl methyl sites for hydroxylation is 1. The van der Waals surface area contributed by atoms with Gasteiger partial charge in [0.25, 0.3) is 0 Å². The van der Waals surface area contributed by atoms with E-state index in [0.717, 1.165) is 51.7 Å². The van der Waals surface area contributed by atoms with Gasteiger partial charge in [0.05, 0.1) is 0 Å². The molecule has 0 spiro atoms. The molecule has 1 N–H and O–H groups in total. The van der Waals surface area contributed by atoms with Crippen molar-refractivity contribution in [2.75, 3.05) is 45.8 Å². The van der Waals surface area contributed by atoms with Crippen LogP contribution in [0.3, 0.4) is 0 Å². The molecule has 4 saturated heterocycles. The third-order valence-corrected chi connectivity index (χ3v) is 10.5. The first kappa shape index (κ1) is 36.5. The molecule has 5 rings (SSSR count). The lowest BCUT2D eigenvalue weighted by Crippen LogP contribution is -2.58. The highest BCUT2D eigenvalue weighted by Crippen LogP contribution is 2.27. The van der Waals surface area contributed by atoms with Crippen molar-refractivity contribution in [3.05, 3.63) is 35.9 Å². The summed E-state index contributed by atoms with van der Waals surface area (Å²) in [5.41, 5.74) is 0.974. The van der Waals surface area contributed by atoms with Crippen molar-refractivity contribution in [1.82, 2.24) is 24.9 Å². The number of carbonyl (C=O) groups excluding carboxylic acids is 2. The molecule has 0 aliphatic carbocycles.